The molecule has 0 radical (unpaired) electrons. The van der Waals surface area contributed by atoms with Crippen molar-refractivity contribution in [1.82, 2.24) is 0 Å². The lowest BCUT2D eigenvalue weighted by Gasteiger charge is -2.10. The Bertz CT molecular complexity index is 317. The summed E-state index contributed by atoms with van der Waals surface area (Å²) in [5, 5.41) is 18.1. The smallest absolute Gasteiger partial charge is 0.0692 e. The van der Waals surface area contributed by atoms with Crippen LogP contribution in [0.25, 0.3) is 0 Å². The Morgan fingerprint density at radius 2 is 2.13 bits per heavy atom. The third-order valence-electron chi connectivity index (χ3n) is 2.03. The van der Waals surface area contributed by atoms with Gasteiger partial charge in [0.25, 0.3) is 0 Å². The Morgan fingerprint density at radius 3 is 2.73 bits per heavy atom. The van der Waals surface area contributed by atoms with E-state index >= 15 is 0 Å². The molecule has 1 aromatic rings. The average Bonchev–Trinajstić information content (AvgIpc) is 2.26. The third-order valence-corrected chi connectivity index (χ3v) is 3.95. The summed E-state index contributed by atoms with van der Waals surface area (Å²) in [6, 6.07) is 5.83. The van der Waals surface area contributed by atoms with Crippen molar-refractivity contribution < 1.29 is 10.2 Å². The molecule has 4 heteroatoms. The lowest BCUT2D eigenvalue weighted by Crippen LogP contribution is -2.03. The van der Waals surface area contributed by atoms with Crippen LogP contribution in [0, 0.1) is 5.92 Å². The van der Waals surface area contributed by atoms with Crippen LogP contribution < -0.4 is 0 Å². The first-order valence-corrected chi connectivity index (χ1v) is 6.58. The van der Waals surface area contributed by atoms with E-state index in [0.29, 0.717) is 0 Å². The first-order chi connectivity index (χ1) is 7.17. The molecule has 0 aliphatic heterocycles. The molecule has 15 heavy (non-hydrogen) atoms. The van der Waals surface area contributed by atoms with Gasteiger partial charge in [-0.05, 0) is 23.6 Å². The summed E-state index contributed by atoms with van der Waals surface area (Å²) in [5.74, 6) is 1.14. The Labute approximate surface area is 103 Å². The molecule has 0 saturated carbocycles. The monoisotopic (exact) mass is 290 g/mol. The van der Waals surface area contributed by atoms with Gasteiger partial charge >= 0.3 is 0 Å². The van der Waals surface area contributed by atoms with Gasteiger partial charge in [-0.15, -0.1) is 11.8 Å². The minimum atomic E-state index is 0.0587. The van der Waals surface area contributed by atoms with Crippen LogP contribution in [-0.4, -0.2) is 22.6 Å². The van der Waals surface area contributed by atoms with Crippen LogP contribution in [0.2, 0.25) is 0 Å². The Morgan fingerprint density at radius 1 is 1.40 bits per heavy atom. The van der Waals surface area contributed by atoms with Gasteiger partial charge in [0.2, 0.25) is 0 Å². The highest BCUT2D eigenvalue weighted by Crippen LogP contribution is 2.28. The number of aliphatic hydroxyl groups excluding tert-OH is 2. The van der Waals surface area contributed by atoms with Crippen LogP contribution in [0.1, 0.15) is 12.5 Å². The van der Waals surface area contributed by atoms with E-state index in [-0.39, 0.29) is 19.1 Å². The minimum absolute atomic E-state index is 0.0587. The van der Waals surface area contributed by atoms with Gasteiger partial charge in [0.15, 0.2) is 0 Å². The maximum Gasteiger partial charge on any atom is 0.0692 e. The number of halogens is 1. The predicted molar refractivity (Wildman–Crippen MR) is 67.0 cm³/mol. The molecule has 0 heterocycles. The molecule has 1 atom stereocenters. The molecule has 0 aliphatic rings. The van der Waals surface area contributed by atoms with Gasteiger partial charge < -0.3 is 10.2 Å². The van der Waals surface area contributed by atoms with E-state index < -0.39 is 0 Å². The third kappa shape index (κ3) is 4.15. The van der Waals surface area contributed by atoms with Crippen molar-refractivity contribution in [3.63, 3.8) is 0 Å². The lowest BCUT2D eigenvalue weighted by molar-refractivity contribution is 0.250. The molecule has 0 amide bonds. The predicted octanol–water partition coefficient (Wildman–Crippen LogP) is 2.66. The maximum atomic E-state index is 9.15. The number of hydrogen-bond donors (Lipinski definition) is 2. The summed E-state index contributed by atoms with van der Waals surface area (Å²) < 4.78 is 1.01. The summed E-state index contributed by atoms with van der Waals surface area (Å²) in [6.07, 6.45) is 0. The van der Waals surface area contributed by atoms with Crippen LogP contribution in [0.5, 0.6) is 0 Å². The second-order valence-electron chi connectivity index (χ2n) is 3.51. The van der Waals surface area contributed by atoms with E-state index in [0.717, 1.165) is 20.7 Å². The molecule has 1 rings (SSSR count). The zero-order chi connectivity index (χ0) is 11.3. The summed E-state index contributed by atoms with van der Waals surface area (Å²) in [4.78, 5) is 1.08. The van der Waals surface area contributed by atoms with Crippen molar-refractivity contribution >= 4 is 27.7 Å². The van der Waals surface area contributed by atoms with Crippen LogP contribution >= 0.6 is 27.7 Å². The van der Waals surface area contributed by atoms with Crippen molar-refractivity contribution in [3.8, 4) is 0 Å². The molecule has 0 fully saturated rings. The molecule has 2 nitrogen and oxygen atoms in total. The summed E-state index contributed by atoms with van der Waals surface area (Å²) in [6.45, 7) is 2.27. The van der Waals surface area contributed by atoms with Crippen LogP contribution in [0.15, 0.2) is 27.6 Å². The van der Waals surface area contributed by atoms with Crippen molar-refractivity contribution in [2.45, 2.75) is 18.4 Å². The fourth-order valence-electron chi connectivity index (χ4n) is 1.08. The molecule has 1 aromatic carbocycles. The van der Waals surface area contributed by atoms with Gasteiger partial charge in [-0.3, -0.25) is 0 Å². The summed E-state index contributed by atoms with van der Waals surface area (Å²) in [7, 11) is 0. The first kappa shape index (κ1) is 13.0. The van der Waals surface area contributed by atoms with Crippen molar-refractivity contribution in [1.29, 1.82) is 0 Å². The van der Waals surface area contributed by atoms with Gasteiger partial charge in [-0.25, -0.2) is 0 Å². The molecule has 0 bridgehead atoms. The van der Waals surface area contributed by atoms with Gasteiger partial charge in [-0.2, -0.15) is 0 Å². The van der Waals surface area contributed by atoms with Gasteiger partial charge in [0.1, 0.15) is 0 Å². The minimum Gasteiger partial charge on any atom is -0.396 e. The number of thioether (sulfide) groups is 1. The van der Waals surface area contributed by atoms with E-state index in [1.54, 1.807) is 11.8 Å². The van der Waals surface area contributed by atoms with Crippen LogP contribution in [-0.2, 0) is 6.61 Å². The molecule has 0 spiro atoms. The van der Waals surface area contributed by atoms with Crippen molar-refractivity contribution in [3.05, 3.63) is 28.2 Å². The van der Waals surface area contributed by atoms with Gasteiger partial charge in [0, 0.05) is 21.7 Å². The molecular weight excluding hydrogens is 276 g/mol. The van der Waals surface area contributed by atoms with E-state index in [4.69, 9.17) is 10.2 Å². The fourth-order valence-corrected chi connectivity index (χ4v) is 2.69. The molecule has 0 saturated heterocycles. The number of hydrogen-bond acceptors (Lipinski definition) is 3. The van der Waals surface area contributed by atoms with E-state index in [1.165, 1.54) is 0 Å². The summed E-state index contributed by atoms with van der Waals surface area (Å²) >= 11 is 5.07. The topological polar surface area (TPSA) is 40.5 Å². The van der Waals surface area contributed by atoms with Gasteiger partial charge in [0.05, 0.1) is 6.61 Å². The van der Waals surface area contributed by atoms with Gasteiger partial charge in [-0.1, -0.05) is 28.9 Å². The quantitative estimate of drug-likeness (QED) is 0.819. The zero-order valence-corrected chi connectivity index (χ0v) is 11.0. The molecule has 0 aromatic heterocycles. The van der Waals surface area contributed by atoms with E-state index in [2.05, 4.69) is 15.9 Å². The number of aliphatic hydroxyl groups is 2. The second-order valence-corrected chi connectivity index (χ2v) is 5.49. The van der Waals surface area contributed by atoms with Crippen molar-refractivity contribution in [2.24, 2.45) is 5.92 Å². The number of rotatable bonds is 5. The number of benzene rings is 1. The highest BCUT2D eigenvalue weighted by atomic mass is 79.9. The SMILES string of the molecule is CC(CO)CSc1cc(Br)ccc1CO. The maximum absolute atomic E-state index is 9.15. The molecule has 84 valence electrons. The van der Waals surface area contributed by atoms with E-state index in [1.807, 2.05) is 25.1 Å². The molecule has 0 aliphatic carbocycles. The normalized spacial score (nSPS) is 12.8. The standard InChI is InChI=1S/C11H15BrO2S/c1-8(5-13)7-15-11-4-10(12)3-2-9(11)6-14/h2-4,8,13-14H,5-7H2,1H3. The van der Waals surface area contributed by atoms with Crippen LogP contribution in [0.4, 0.5) is 0 Å². The second kappa shape index (κ2) is 6.53. The molecule has 2 N–H and O–H groups in total. The Balaban J connectivity index is 2.69. The molecule has 1 unspecified atom stereocenters. The van der Waals surface area contributed by atoms with Crippen molar-refractivity contribution in [2.75, 3.05) is 12.4 Å². The lowest BCUT2D eigenvalue weighted by atomic mass is 10.2. The highest BCUT2D eigenvalue weighted by Gasteiger charge is 2.06. The highest BCUT2D eigenvalue weighted by molar-refractivity contribution is 9.10. The van der Waals surface area contributed by atoms with E-state index in [9.17, 15) is 0 Å². The largest absolute Gasteiger partial charge is 0.396 e. The van der Waals surface area contributed by atoms with Crippen LogP contribution in [0.3, 0.4) is 0 Å². The molecular formula is C11H15BrO2S. The Hall–Kier alpha value is -0.0300. The first-order valence-electron chi connectivity index (χ1n) is 4.80. The Kier molecular flexibility index (Phi) is 5.68. The average molecular weight is 291 g/mol. The summed E-state index contributed by atoms with van der Waals surface area (Å²) in [5.41, 5.74) is 0.938. The fraction of sp³-hybridized carbons (Fsp3) is 0.455. The zero-order valence-electron chi connectivity index (χ0n) is 8.61.